The minimum Gasteiger partial charge on any atom is -0.486 e. The molecule has 2 nitrogen and oxygen atoms in total. The van der Waals surface area contributed by atoms with Crippen molar-refractivity contribution in [2.24, 2.45) is 5.92 Å². The molecule has 1 atom stereocenters. The summed E-state index contributed by atoms with van der Waals surface area (Å²) in [5, 5.41) is 0. The van der Waals surface area contributed by atoms with Crippen LogP contribution in [0.25, 0.3) is 11.1 Å². The van der Waals surface area contributed by atoms with Crippen LogP contribution in [0.5, 0.6) is 5.75 Å². The van der Waals surface area contributed by atoms with Gasteiger partial charge in [0.2, 0.25) is 5.82 Å². The molecule has 0 N–H and O–H groups in total. The van der Waals surface area contributed by atoms with Crippen molar-refractivity contribution in [1.29, 1.82) is 0 Å². The number of allylic oxidation sites excluding steroid dienone is 2. The molecule has 0 bridgehead atoms. The maximum Gasteiger partial charge on any atom is 0.200 e. The lowest BCUT2D eigenvalue weighted by Gasteiger charge is -2.27. The number of benzene rings is 3. The molecule has 1 heterocycles. The van der Waals surface area contributed by atoms with Crippen molar-refractivity contribution in [2.75, 3.05) is 6.61 Å². The van der Waals surface area contributed by atoms with Gasteiger partial charge in [0.1, 0.15) is 18.5 Å². The van der Waals surface area contributed by atoms with Gasteiger partial charge in [0.05, 0.1) is 6.61 Å². The zero-order chi connectivity index (χ0) is 24.4. The van der Waals surface area contributed by atoms with Gasteiger partial charge in [-0.2, -0.15) is 4.39 Å². The maximum atomic E-state index is 14.9. The zero-order valence-corrected chi connectivity index (χ0v) is 19.8. The molecule has 5 heteroatoms. The molecule has 0 spiro atoms. The van der Waals surface area contributed by atoms with Crippen LogP contribution in [0.15, 0.2) is 66.7 Å². The molecule has 0 radical (unpaired) electrons. The van der Waals surface area contributed by atoms with Gasteiger partial charge >= 0.3 is 0 Å². The summed E-state index contributed by atoms with van der Waals surface area (Å²) in [5.74, 6) is -1.55. The minimum absolute atomic E-state index is 0.00983. The summed E-state index contributed by atoms with van der Waals surface area (Å²) in [6, 6.07) is 15.5. The van der Waals surface area contributed by atoms with Gasteiger partial charge in [0.25, 0.3) is 0 Å². The van der Waals surface area contributed by atoms with Crippen LogP contribution in [0.2, 0.25) is 0 Å². The van der Waals surface area contributed by atoms with E-state index in [9.17, 15) is 13.2 Å². The molecule has 1 unspecified atom stereocenters. The monoisotopic (exact) mass is 478 g/mol. The molecule has 1 aliphatic heterocycles. The third kappa shape index (κ3) is 5.30. The third-order valence-corrected chi connectivity index (χ3v) is 7.11. The second-order valence-electron chi connectivity index (χ2n) is 9.47. The Morgan fingerprint density at radius 1 is 0.914 bits per heavy atom. The fourth-order valence-corrected chi connectivity index (χ4v) is 5.02. The van der Waals surface area contributed by atoms with Crippen LogP contribution in [-0.4, -0.2) is 6.61 Å². The molecule has 1 saturated carbocycles. The average molecular weight is 479 g/mol. The van der Waals surface area contributed by atoms with Gasteiger partial charge in [-0.3, -0.25) is 0 Å². The number of hydrogen-bond donors (Lipinski definition) is 0. The van der Waals surface area contributed by atoms with E-state index >= 15 is 0 Å². The standard InChI is InChI=1S/C30H29F3O2/c1-2-3-19-4-8-22(9-5-19)25-14-15-27(30(33)29(25)32)34-17-20-6-10-21(11-7-20)24-13-12-23(16-26(24)31)28-18-35-28/h2-3,6-7,10-16,19,22,28H,4-5,8-9,17-18H2,1H3/b3-2+. The van der Waals surface area contributed by atoms with Crippen molar-refractivity contribution in [2.45, 2.75) is 51.2 Å². The Morgan fingerprint density at radius 2 is 1.66 bits per heavy atom. The van der Waals surface area contributed by atoms with E-state index in [0.717, 1.165) is 42.4 Å². The summed E-state index contributed by atoms with van der Waals surface area (Å²) in [7, 11) is 0. The van der Waals surface area contributed by atoms with Crippen LogP contribution in [0.3, 0.4) is 0 Å². The first-order valence-electron chi connectivity index (χ1n) is 12.3. The Balaban J connectivity index is 1.22. The molecule has 5 rings (SSSR count). The van der Waals surface area contributed by atoms with Crippen LogP contribution in [0, 0.1) is 23.4 Å². The highest BCUT2D eigenvalue weighted by atomic mass is 19.2. The van der Waals surface area contributed by atoms with Gasteiger partial charge in [-0.05, 0) is 78.8 Å². The predicted octanol–water partition coefficient (Wildman–Crippen LogP) is 8.27. The fraction of sp³-hybridized carbons (Fsp3) is 0.333. The smallest absolute Gasteiger partial charge is 0.200 e. The Hall–Kier alpha value is -3.05. The average Bonchev–Trinajstić information content (AvgIpc) is 3.72. The topological polar surface area (TPSA) is 21.8 Å². The summed E-state index contributed by atoms with van der Waals surface area (Å²) in [4.78, 5) is 0. The van der Waals surface area contributed by atoms with Crippen LogP contribution in [0.4, 0.5) is 13.2 Å². The SMILES string of the molecule is C/C=C/C1CCC(c2ccc(OCc3ccc(-c4ccc(C5CO5)cc4F)cc3)c(F)c2F)CC1. The molecular weight excluding hydrogens is 449 g/mol. The van der Waals surface area contributed by atoms with Crippen molar-refractivity contribution < 1.29 is 22.6 Å². The first-order chi connectivity index (χ1) is 17.0. The molecule has 0 aromatic heterocycles. The maximum absolute atomic E-state index is 14.9. The molecular formula is C30H29F3O2. The largest absolute Gasteiger partial charge is 0.486 e. The molecule has 3 aromatic rings. The van der Waals surface area contributed by atoms with Gasteiger partial charge in [0, 0.05) is 5.56 Å². The quantitative estimate of drug-likeness (QED) is 0.252. The molecule has 1 aliphatic carbocycles. The number of halogens is 3. The van der Waals surface area contributed by atoms with E-state index in [1.165, 1.54) is 12.1 Å². The van der Waals surface area contributed by atoms with E-state index in [4.69, 9.17) is 9.47 Å². The van der Waals surface area contributed by atoms with Crippen molar-refractivity contribution in [3.63, 3.8) is 0 Å². The molecule has 3 aromatic carbocycles. The van der Waals surface area contributed by atoms with Crippen molar-refractivity contribution >= 4 is 0 Å². The number of epoxide rings is 1. The van der Waals surface area contributed by atoms with Gasteiger partial charge < -0.3 is 9.47 Å². The van der Waals surface area contributed by atoms with Crippen LogP contribution >= 0.6 is 0 Å². The van der Waals surface area contributed by atoms with Gasteiger partial charge in [-0.15, -0.1) is 0 Å². The van der Waals surface area contributed by atoms with Gasteiger partial charge in [-0.1, -0.05) is 54.6 Å². The highest BCUT2D eigenvalue weighted by molar-refractivity contribution is 5.65. The summed E-state index contributed by atoms with van der Waals surface area (Å²) in [6.45, 7) is 2.74. The first-order valence-corrected chi connectivity index (χ1v) is 12.3. The minimum atomic E-state index is -0.934. The van der Waals surface area contributed by atoms with E-state index in [1.54, 1.807) is 36.4 Å². The second-order valence-corrected chi connectivity index (χ2v) is 9.47. The Morgan fingerprint density at radius 3 is 2.31 bits per heavy atom. The Labute approximate surface area is 204 Å². The highest BCUT2D eigenvalue weighted by Gasteiger charge is 2.26. The van der Waals surface area contributed by atoms with E-state index < -0.39 is 11.6 Å². The normalized spacial score (nSPS) is 21.9. The third-order valence-electron chi connectivity index (χ3n) is 7.11. The lowest BCUT2D eigenvalue weighted by Crippen LogP contribution is -2.13. The lowest BCUT2D eigenvalue weighted by molar-refractivity contribution is 0.282. The van der Waals surface area contributed by atoms with E-state index in [2.05, 4.69) is 12.2 Å². The molecule has 0 amide bonds. The van der Waals surface area contributed by atoms with E-state index in [0.29, 0.717) is 23.7 Å². The number of ether oxygens (including phenoxy) is 2. The Bertz CT molecular complexity index is 1210. The van der Waals surface area contributed by atoms with Crippen molar-refractivity contribution in [3.8, 4) is 16.9 Å². The first kappa shape index (κ1) is 23.7. The van der Waals surface area contributed by atoms with Crippen LogP contribution in [0.1, 0.15) is 61.3 Å². The van der Waals surface area contributed by atoms with Gasteiger partial charge in [0.15, 0.2) is 11.6 Å². The predicted molar refractivity (Wildman–Crippen MR) is 131 cm³/mol. The van der Waals surface area contributed by atoms with Crippen LogP contribution < -0.4 is 4.74 Å². The second kappa shape index (κ2) is 10.3. The summed E-state index contributed by atoms with van der Waals surface area (Å²) >= 11 is 0. The number of hydrogen-bond acceptors (Lipinski definition) is 2. The summed E-state index contributed by atoms with van der Waals surface area (Å²) in [5.41, 5.74) is 3.31. The molecule has 1 saturated heterocycles. The van der Waals surface area contributed by atoms with Gasteiger partial charge in [-0.25, -0.2) is 8.78 Å². The Kier molecular flexibility index (Phi) is 6.96. The molecule has 2 aliphatic rings. The number of rotatable bonds is 7. The van der Waals surface area contributed by atoms with Crippen molar-refractivity contribution in [3.05, 3.63) is 101 Å². The molecule has 182 valence electrons. The van der Waals surface area contributed by atoms with Crippen molar-refractivity contribution in [1.82, 2.24) is 0 Å². The van der Waals surface area contributed by atoms with E-state index in [1.807, 2.05) is 13.0 Å². The zero-order valence-electron chi connectivity index (χ0n) is 19.8. The van der Waals surface area contributed by atoms with Crippen LogP contribution in [-0.2, 0) is 11.3 Å². The molecule has 2 fully saturated rings. The summed E-state index contributed by atoms with van der Waals surface area (Å²) < 4.78 is 55.0. The summed E-state index contributed by atoms with van der Waals surface area (Å²) in [6.07, 6.45) is 7.97. The highest BCUT2D eigenvalue weighted by Crippen LogP contribution is 2.39. The fourth-order valence-electron chi connectivity index (χ4n) is 5.02. The molecule has 35 heavy (non-hydrogen) atoms. The van der Waals surface area contributed by atoms with E-state index in [-0.39, 0.29) is 30.2 Å². The lowest BCUT2D eigenvalue weighted by atomic mass is 9.78.